The van der Waals surface area contributed by atoms with Crippen LogP contribution in [-0.4, -0.2) is 39.8 Å². The first kappa shape index (κ1) is 46.0. The van der Waals surface area contributed by atoms with Crippen LogP contribution >= 0.6 is 0 Å². The van der Waals surface area contributed by atoms with Gasteiger partial charge in [0, 0.05) is 47.5 Å². The smallest absolute Gasteiger partial charge is 0.412 e. The fourth-order valence-electron chi connectivity index (χ4n) is 8.32. The Labute approximate surface area is 336 Å². The average Bonchev–Trinajstić information content (AvgIpc) is 3.12. The molecule has 3 aromatic rings. The molecule has 2 atom stereocenters. The predicted octanol–water partition coefficient (Wildman–Crippen LogP) is 10.7. The van der Waals surface area contributed by atoms with Crippen LogP contribution in [0.3, 0.4) is 0 Å². The van der Waals surface area contributed by atoms with Crippen LogP contribution in [0.4, 0.5) is 15.5 Å². The van der Waals surface area contributed by atoms with Crippen molar-refractivity contribution in [1.29, 1.82) is 0 Å². The zero-order valence-electron chi connectivity index (χ0n) is 36.6. The van der Waals surface area contributed by atoms with Crippen molar-refractivity contribution in [2.45, 2.75) is 165 Å². The minimum Gasteiger partial charge on any atom is -0.507 e. The number of phenolic OH excluding ortho intramolecular Hbond substituents is 1. The number of hydrogen-bond acceptors (Lipinski definition) is 6. The number of benzene rings is 2. The lowest BCUT2D eigenvalue weighted by Crippen LogP contribution is -2.47. The van der Waals surface area contributed by atoms with E-state index < -0.39 is 12.1 Å². The van der Waals surface area contributed by atoms with Crippen LogP contribution in [0.1, 0.15) is 160 Å². The van der Waals surface area contributed by atoms with Gasteiger partial charge in [-0.05, 0) is 111 Å². The summed E-state index contributed by atoms with van der Waals surface area (Å²) in [6, 6.07) is 8.93. The molecule has 4 rings (SSSR count). The zero-order chi connectivity index (χ0) is 42.0. The Morgan fingerprint density at radius 1 is 0.946 bits per heavy atom. The molecule has 10 nitrogen and oxygen atoms in total. The van der Waals surface area contributed by atoms with E-state index in [4.69, 9.17) is 4.74 Å². The Hall–Kier alpha value is -4.34. The number of amides is 3. The van der Waals surface area contributed by atoms with Gasteiger partial charge in [0.05, 0.1) is 0 Å². The number of nitrogens with one attached hydrogen (secondary N) is 4. The highest BCUT2D eigenvalue weighted by Gasteiger charge is 2.36. The molecular weight excluding hydrogens is 703 g/mol. The summed E-state index contributed by atoms with van der Waals surface area (Å²) in [4.78, 5) is 44.7. The number of phenols is 1. The number of aromatic amines is 1. The molecule has 10 heteroatoms. The van der Waals surface area contributed by atoms with Gasteiger partial charge in [-0.15, -0.1) is 0 Å². The molecule has 1 heterocycles. The van der Waals surface area contributed by atoms with E-state index >= 15 is 0 Å². The Morgan fingerprint density at radius 2 is 1.57 bits per heavy atom. The molecule has 3 amide bonds. The monoisotopic (exact) mass is 774 g/mol. The molecule has 0 spiro atoms. The van der Waals surface area contributed by atoms with E-state index in [1.807, 2.05) is 12.1 Å². The number of anilines is 1. The van der Waals surface area contributed by atoms with Gasteiger partial charge in [0.15, 0.2) is 0 Å². The van der Waals surface area contributed by atoms with Crippen LogP contribution in [-0.2, 0) is 17.3 Å². The topological polar surface area (TPSA) is 145 Å². The molecule has 0 bridgehead atoms. The van der Waals surface area contributed by atoms with E-state index in [-0.39, 0.29) is 39.7 Å². The molecule has 0 aliphatic heterocycles. The van der Waals surface area contributed by atoms with Crippen LogP contribution in [0.2, 0.25) is 0 Å². The number of hydrogen-bond donors (Lipinski definition) is 5. The normalized spacial score (nSPS) is 16.7. The summed E-state index contributed by atoms with van der Waals surface area (Å²) < 4.78 is 6.20. The highest BCUT2D eigenvalue weighted by Crippen LogP contribution is 2.44. The lowest BCUT2D eigenvalue weighted by Gasteiger charge is -2.40. The summed E-state index contributed by atoms with van der Waals surface area (Å²) in [5.41, 5.74) is 5.95. The minimum absolute atomic E-state index is 0.0680. The number of nitrogens with zero attached hydrogens (tertiary/aromatic N) is 1. The molecule has 1 saturated carbocycles. The Morgan fingerprint density at radius 3 is 2.16 bits per heavy atom. The number of carbonyl (C=O) groups excluding carboxylic acids is 2. The molecule has 2 aromatic carbocycles. The third-order valence-corrected chi connectivity index (χ3v) is 12.2. The first-order chi connectivity index (χ1) is 26.3. The fraction of sp³-hybridized carbons (Fsp3) is 0.609. The van der Waals surface area contributed by atoms with Crippen molar-refractivity contribution in [1.82, 2.24) is 20.6 Å². The summed E-state index contributed by atoms with van der Waals surface area (Å²) in [7, 11) is 0. The number of rotatable bonds is 13. The SMILES string of the molecule is CCC.CCC(C)(CC)c1ccc(C)c(Cc2ccc(OC(=O)NC3CC(CNC(=O)Nc4nc(C)cc(=O)[nH]4)CC(C)(C)C3)c(C(C)(CC)CC)c2C)c1O. The summed E-state index contributed by atoms with van der Waals surface area (Å²) in [5, 5.41) is 20.3. The van der Waals surface area contributed by atoms with Crippen molar-refractivity contribution in [2.75, 3.05) is 11.9 Å². The van der Waals surface area contributed by atoms with Gasteiger partial charge in [-0.3, -0.25) is 15.1 Å². The zero-order valence-corrected chi connectivity index (χ0v) is 36.6. The molecule has 1 fully saturated rings. The van der Waals surface area contributed by atoms with Crippen molar-refractivity contribution in [3.8, 4) is 11.5 Å². The van der Waals surface area contributed by atoms with Crippen LogP contribution in [0.25, 0.3) is 0 Å². The number of aromatic hydroxyl groups is 1. The summed E-state index contributed by atoms with van der Waals surface area (Å²) in [6.45, 7) is 28.0. The number of urea groups is 1. The van der Waals surface area contributed by atoms with Gasteiger partial charge in [-0.25, -0.2) is 14.6 Å². The maximum atomic E-state index is 13.7. The standard InChI is InChI=1S/C43H63N5O5.C3H8/c1-12-42(10,13-2)33-18-16-26(5)32(37(33)50)22-30-17-19-34(36(28(30)7)43(11,14-3)15-4)53-40(52)46-31-21-29(23-41(8,9)24-31)25-44-39(51)48-38-45-27(6)20-35(49)47-38;1-3-2/h16-20,29,31,50H,12-15,21-25H2,1-11H3,(H,46,52)(H3,44,45,47,48,49,51);3H2,1-2H3. The molecule has 5 N–H and O–H groups in total. The van der Waals surface area contributed by atoms with Gasteiger partial charge < -0.3 is 20.5 Å². The van der Waals surface area contributed by atoms with Crippen LogP contribution < -0.4 is 26.2 Å². The second-order valence-electron chi connectivity index (χ2n) is 17.4. The van der Waals surface area contributed by atoms with Crippen LogP contribution in [0.15, 0.2) is 35.1 Å². The van der Waals surface area contributed by atoms with Crippen molar-refractivity contribution in [3.63, 3.8) is 0 Å². The highest BCUT2D eigenvalue weighted by molar-refractivity contribution is 5.87. The quantitative estimate of drug-likeness (QED) is 0.117. The Bertz CT molecular complexity index is 1860. The minimum atomic E-state index is -0.491. The molecule has 0 radical (unpaired) electrons. The van der Waals surface area contributed by atoms with Gasteiger partial charge in [-0.1, -0.05) is 93.9 Å². The first-order valence-corrected chi connectivity index (χ1v) is 20.8. The highest BCUT2D eigenvalue weighted by atomic mass is 16.6. The Balaban J connectivity index is 0.00000271. The number of ether oxygens (including phenoxy) is 1. The molecule has 0 saturated heterocycles. The summed E-state index contributed by atoms with van der Waals surface area (Å²) in [6.07, 6.45) is 7.28. The maximum Gasteiger partial charge on any atom is 0.412 e. The summed E-state index contributed by atoms with van der Waals surface area (Å²) >= 11 is 0. The van der Waals surface area contributed by atoms with Crippen molar-refractivity contribution in [3.05, 3.63) is 79.8 Å². The fourth-order valence-corrected chi connectivity index (χ4v) is 8.32. The van der Waals surface area contributed by atoms with Crippen LogP contribution in [0, 0.1) is 32.1 Å². The largest absolute Gasteiger partial charge is 0.507 e. The average molecular weight is 774 g/mol. The lowest BCUT2D eigenvalue weighted by molar-refractivity contribution is 0.134. The van der Waals surface area contributed by atoms with Crippen molar-refractivity contribution < 1.29 is 19.4 Å². The number of carbonyl (C=O) groups is 2. The molecule has 1 aliphatic rings. The van der Waals surface area contributed by atoms with E-state index in [0.717, 1.165) is 71.9 Å². The number of H-pyrrole nitrogens is 1. The number of aromatic nitrogens is 2. The predicted molar refractivity (Wildman–Crippen MR) is 229 cm³/mol. The van der Waals surface area contributed by atoms with Gasteiger partial charge in [0.1, 0.15) is 11.5 Å². The second kappa shape index (κ2) is 19.7. The van der Waals surface area contributed by atoms with Crippen molar-refractivity contribution >= 4 is 18.1 Å². The molecular formula is C46H71N5O5. The molecule has 2 unspecified atom stereocenters. The lowest BCUT2D eigenvalue weighted by atomic mass is 9.70. The van der Waals surface area contributed by atoms with Gasteiger partial charge in [-0.2, -0.15) is 0 Å². The van der Waals surface area contributed by atoms with Crippen molar-refractivity contribution in [2.24, 2.45) is 11.3 Å². The first-order valence-electron chi connectivity index (χ1n) is 20.8. The van der Waals surface area contributed by atoms with E-state index in [9.17, 15) is 19.5 Å². The molecule has 1 aliphatic carbocycles. The summed E-state index contributed by atoms with van der Waals surface area (Å²) in [5.74, 6) is 1.15. The number of aryl methyl sites for hydroxylation is 2. The van der Waals surface area contributed by atoms with E-state index in [1.54, 1.807) is 6.92 Å². The van der Waals surface area contributed by atoms with E-state index in [0.29, 0.717) is 36.6 Å². The van der Waals surface area contributed by atoms with Crippen LogP contribution in [0.5, 0.6) is 11.5 Å². The molecule has 1 aromatic heterocycles. The maximum absolute atomic E-state index is 13.7. The second-order valence-corrected chi connectivity index (χ2v) is 17.4. The van der Waals surface area contributed by atoms with Gasteiger partial charge >= 0.3 is 12.1 Å². The molecule has 310 valence electrons. The van der Waals surface area contributed by atoms with Gasteiger partial charge in [0.2, 0.25) is 5.95 Å². The third-order valence-electron chi connectivity index (χ3n) is 12.2. The third kappa shape index (κ3) is 11.6. The Kier molecular flexibility index (Phi) is 16.2. The van der Waals surface area contributed by atoms with E-state index in [1.165, 1.54) is 12.5 Å². The van der Waals surface area contributed by atoms with E-state index in [2.05, 4.69) is 121 Å². The van der Waals surface area contributed by atoms with Gasteiger partial charge in [0.25, 0.3) is 5.56 Å². The molecule has 56 heavy (non-hydrogen) atoms.